The van der Waals surface area contributed by atoms with Gasteiger partial charge in [0.25, 0.3) is 0 Å². The van der Waals surface area contributed by atoms with Crippen molar-refractivity contribution >= 4 is 21.8 Å². The van der Waals surface area contributed by atoms with Crippen LogP contribution in [0, 0.1) is 0 Å². The van der Waals surface area contributed by atoms with Crippen LogP contribution in [-0.4, -0.2) is 33.3 Å². The Morgan fingerprint density at radius 1 is 1.33 bits per heavy atom. The van der Waals surface area contributed by atoms with E-state index in [4.69, 9.17) is 14.2 Å². The number of nitrogens with one attached hydrogen (secondary N) is 1. The number of ether oxygens (including phenoxy) is 3. The smallest absolute Gasteiger partial charge is 0.246 e. The van der Waals surface area contributed by atoms with Crippen molar-refractivity contribution in [3.8, 4) is 11.5 Å². The van der Waals surface area contributed by atoms with Crippen LogP contribution in [0.15, 0.2) is 16.6 Å². The Morgan fingerprint density at radius 2 is 2.06 bits per heavy atom. The largest absolute Gasteiger partial charge is 0.496 e. The zero-order valence-corrected chi connectivity index (χ0v) is 11.7. The Hall–Kier alpha value is -1.27. The van der Waals surface area contributed by atoms with E-state index in [1.807, 2.05) is 12.1 Å². The summed E-state index contributed by atoms with van der Waals surface area (Å²) in [5.74, 6) is 1.30. The molecule has 1 aliphatic heterocycles. The fourth-order valence-corrected chi connectivity index (χ4v) is 2.31. The lowest BCUT2D eigenvalue weighted by Gasteiger charge is -2.25. The summed E-state index contributed by atoms with van der Waals surface area (Å²) >= 11 is 3.40. The number of hydrogen-bond acceptors (Lipinski definition) is 4. The molecule has 1 saturated heterocycles. The van der Waals surface area contributed by atoms with Gasteiger partial charge in [-0.2, -0.15) is 0 Å². The summed E-state index contributed by atoms with van der Waals surface area (Å²) in [4.78, 5) is 11.1. The summed E-state index contributed by atoms with van der Waals surface area (Å²) < 4.78 is 16.9. The number of carbonyl (C=O) groups excluding carboxylic acids is 1. The van der Waals surface area contributed by atoms with Crippen LogP contribution >= 0.6 is 15.9 Å². The molecule has 0 radical (unpaired) electrons. The van der Waals surface area contributed by atoms with E-state index in [2.05, 4.69) is 21.2 Å². The first kappa shape index (κ1) is 13.2. The topological polar surface area (TPSA) is 56.8 Å². The van der Waals surface area contributed by atoms with E-state index in [9.17, 15) is 4.79 Å². The Bertz CT molecular complexity index is 454. The fraction of sp³-hybridized carbons (Fsp3) is 0.417. The molecule has 0 bridgehead atoms. The first-order chi connectivity index (χ1) is 8.65. The predicted molar refractivity (Wildman–Crippen MR) is 68.9 cm³/mol. The number of morpholine rings is 1. The highest BCUT2D eigenvalue weighted by atomic mass is 79.9. The van der Waals surface area contributed by atoms with Gasteiger partial charge in [-0.1, -0.05) is 0 Å². The molecule has 1 N–H and O–H groups in total. The fourth-order valence-electron chi connectivity index (χ4n) is 1.83. The number of rotatable bonds is 3. The molecule has 0 aromatic heterocycles. The molecule has 1 aromatic rings. The molecule has 98 valence electrons. The second kappa shape index (κ2) is 5.58. The molecule has 0 unspecified atom stereocenters. The summed E-state index contributed by atoms with van der Waals surface area (Å²) in [6.07, 6.45) is -0.223. The molecule has 1 aromatic carbocycles. The molecule has 1 aliphatic rings. The van der Waals surface area contributed by atoms with Crippen LogP contribution < -0.4 is 14.8 Å². The first-order valence-electron chi connectivity index (χ1n) is 5.45. The number of benzene rings is 1. The van der Waals surface area contributed by atoms with Gasteiger partial charge in [-0.25, -0.2) is 0 Å². The summed E-state index contributed by atoms with van der Waals surface area (Å²) in [6.45, 7) is 0.492. The van der Waals surface area contributed by atoms with E-state index in [0.717, 1.165) is 10.0 Å². The minimum atomic E-state index is -0.223. The van der Waals surface area contributed by atoms with Gasteiger partial charge in [-0.3, -0.25) is 4.79 Å². The van der Waals surface area contributed by atoms with E-state index >= 15 is 0 Å². The van der Waals surface area contributed by atoms with Crippen LogP contribution in [0.1, 0.15) is 11.7 Å². The Labute approximate surface area is 114 Å². The van der Waals surface area contributed by atoms with E-state index in [0.29, 0.717) is 18.0 Å². The third kappa shape index (κ3) is 2.59. The molecule has 6 heteroatoms. The summed E-state index contributed by atoms with van der Waals surface area (Å²) in [5, 5.41) is 2.76. The van der Waals surface area contributed by atoms with Crippen molar-refractivity contribution in [3.63, 3.8) is 0 Å². The van der Waals surface area contributed by atoms with Crippen molar-refractivity contribution in [2.75, 3.05) is 27.4 Å². The standard InChI is InChI=1S/C12H14BrNO4/c1-16-9-4-8(13)10(17-2)3-7(9)11-5-14-12(15)6-18-11/h3-4,11H,5-6H2,1-2H3,(H,14,15)/t11-/m1/s1. The van der Waals surface area contributed by atoms with Crippen LogP contribution in [0.4, 0.5) is 0 Å². The minimum Gasteiger partial charge on any atom is -0.496 e. The highest BCUT2D eigenvalue weighted by molar-refractivity contribution is 9.10. The maximum atomic E-state index is 11.1. The average molecular weight is 316 g/mol. The molecule has 5 nitrogen and oxygen atoms in total. The molecular weight excluding hydrogens is 302 g/mol. The number of hydrogen-bond donors (Lipinski definition) is 1. The zero-order chi connectivity index (χ0) is 13.1. The summed E-state index contributed by atoms with van der Waals surface area (Å²) in [7, 11) is 3.19. The molecule has 0 spiro atoms. The van der Waals surface area contributed by atoms with Gasteiger partial charge >= 0.3 is 0 Å². The molecule has 0 aliphatic carbocycles. The van der Waals surface area contributed by atoms with Gasteiger partial charge in [0.15, 0.2) is 0 Å². The number of halogens is 1. The molecular formula is C12H14BrNO4. The molecule has 1 heterocycles. The van der Waals surface area contributed by atoms with Crippen molar-refractivity contribution in [2.24, 2.45) is 0 Å². The van der Waals surface area contributed by atoms with Crippen LogP contribution in [0.25, 0.3) is 0 Å². The van der Waals surface area contributed by atoms with Gasteiger partial charge in [0.2, 0.25) is 5.91 Å². The predicted octanol–water partition coefficient (Wildman–Crippen LogP) is 1.65. The van der Waals surface area contributed by atoms with Crippen LogP contribution in [0.2, 0.25) is 0 Å². The first-order valence-corrected chi connectivity index (χ1v) is 6.24. The average Bonchev–Trinajstić information content (AvgIpc) is 2.39. The molecule has 1 amide bonds. The quantitative estimate of drug-likeness (QED) is 0.921. The Balaban J connectivity index is 2.33. The van der Waals surface area contributed by atoms with E-state index in [1.54, 1.807) is 14.2 Å². The molecule has 1 atom stereocenters. The molecule has 18 heavy (non-hydrogen) atoms. The maximum Gasteiger partial charge on any atom is 0.246 e. The van der Waals surface area contributed by atoms with Crippen LogP contribution in [-0.2, 0) is 9.53 Å². The van der Waals surface area contributed by atoms with E-state index in [1.165, 1.54) is 0 Å². The van der Waals surface area contributed by atoms with Crippen molar-refractivity contribution in [1.29, 1.82) is 0 Å². The second-order valence-electron chi connectivity index (χ2n) is 3.83. The van der Waals surface area contributed by atoms with Gasteiger partial charge < -0.3 is 19.5 Å². The van der Waals surface area contributed by atoms with Crippen molar-refractivity contribution in [1.82, 2.24) is 5.32 Å². The Kier molecular flexibility index (Phi) is 4.08. The van der Waals surface area contributed by atoms with Crippen molar-refractivity contribution < 1.29 is 19.0 Å². The van der Waals surface area contributed by atoms with E-state index in [-0.39, 0.29) is 18.6 Å². The zero-order valence-electron chi connectivity index (χ0n) is 10.2. The highest BCUT2D eigenvalue weighted by Crippen LogP contribution is 2.37. The molecule has 2 rings (SSSR count). The van der Waals surface area contributed by atoms with Gasteiger partial charge in [-0.15, -0.1) is 0 Å². The van der Waals surface area contributed by atoms with E-state index < -0.39 is 0 Å². The summed E-state index contributed by atoms with van der Waals surface area (Å²) in [6, 6.07) is 3.68. The third-order valence-corrected chi connectivity index (χ3v) is 3.37. The van der Waals surface area contributed by atoms with Gasteiger partial charge in [0, 0.05) is 12.1 Å². The Morgan fingerprint density at radius 3 is 2.61 bits per heavy atom. The lowest BCUT2D eigenvalue weighted by atomic mass is 10.1. The molecule has 0 saturated carbocycles. The third-order valence-electron chi connectivity index (χ3n) is 2.75. The van der Waals surface area contributed by atoms with Crippen LogP contribution in [0.3, 0.4) is 0 Å². The monoisotopic (exact) mass is 315 g/mol. The summed E-state index contributed by atoms with van der Waals surface area (Å²) in [5.41, 5.74) is 0.859. The maximum absolute atomic E-state index is 11.1. The van der Waals surface area contributed by atoms with Crippen molar-refractivity contribution in [2.45, 2.75) is 6.10 Å². The minimum absolute atomic E-state index is 0.0617. The SMILES string of the molecule is COc1cc([C@H]2CNC(=O)CO2)c(OC)cc1Br. The van der Waals surface area contributed by atoms with Crippen molar-refractivity contribution in [3.05, 3.63) is 22.2 Å². The van der Waals surface area contributed by atoms with Gasteiger partial charge in [-0.05, 0) is 28.1 Å². The second-order valence-corrected chi connectivity index (χ2v) is 4.69. The number of carbonyl (C=O) groups is 1. The van der Waals surface area contributed by atoms with Gasteiger partial charge in [0.05, 0.1) is 18.7 Å². The number of amides is 1. The normalized spacial score (nSPS) is 19.3. The van der Waals surface area contributed by atoms with Gasteiger partial charge in [0.1, 0.15) is 24.2 Å². The lowest BCUT2D eigenvalue weighted by molar-refractivity contribution is -0.133. The highest BCUT2D eigenvalue weighted by Gasteiger charge is 2.24. The molecule has 1 fully saturated rings. The number of methoxy groups -OCH3 is 2. The van der Waals surface area contributed by atoms with Crippen LogP contribution in [0.5, 0.6) is 11.5 Å². The lowest BCUT2D eigenvalue weighted by Crippen LogP contribution is -2.38.